The van der Waals surface area contributed by atoms with Crippen molar-refractivity contribution in [1.82, 2.24) is 9.55 Å². The first-order valence-corrected chi connectivity index (χ1v) is 8.94. The number of nitrogens with one attached hydrogen (secondary N) is 1. The zero-order valence-corrected chi connectivity index (χ0v) is 14.7. The van der Waals surface area contributed by atoms with Gasteiger partial charge in [0.15, 0.2) is 0 Å². The van der Waals surface area contributed by atoms with Crippen molar-refractivity contribution in [3.05, 3.63) is 94.6 Å². The van der Waals surface area contributed by atoms with E-state index in [9.17, 15) is 13.6 Å². The Labute approximate surface area is 157 Å². The van der Waals surface area contributed by atoms with Gasteiger partial charge < -0.3 is 9.88 Å². The van der Waals surface area contributed by atoms with E-state index >= 15 is 0 Å². The second kappa shape index (κ2) is 7.13. The molecule has 0 saturated carbocycles. The summed E-state index contributed by atoms with van der Waals surface area (Å²) < 4.78 is 29.3. The van der Waals surface area contributed by atoms with Gasteiger partial charge in [-0.3, -0.25) is 4.79 Å². The van der Waals surface area contributed by atoms with Gasteiger partial charge >= 0.3 is 0 Å². The first-order chi connectivity index (χ1) is 13.1. The minimum Gasteiger partial charge on any atom is -0.335 e. The van der Waals surface area contributed by atoms with Crippen molar-refractivity contribution in [3.63, 3.8) is 0 Å². The van der Waals surface area contributed by atoms with Crippen LogP contribution in [0.2, 0.25) is 0 Å². The maximum absolute atomic E-state index is 13.7. The van der Waals surface area contributed by atoms with E-state index in [1.54, 1.807) is 6.07 Å². The van der Waals surface area contributed by atoms with Crippen LogP contribution in [0.25, 0.3) is 5.69 Å². The van der Waals surface area contributed by atoms with E-state index in [2.05, 4.69) is 10.3 Å². The van der Waals surface area contributed by atoms with E-state index < -0.39 is 11.6 Å². The molecular weight excluding hydrogens is 368 g/mol. The Morgan fingerprint density at radius 3 is 2.41 bits per heavy atom. The van der Waals surface area contributed by atoms with Crippen LogP contribution in [-0.4, -0.2) is 15.3 Å². The molecule has 4 aromatic rings. The van der Waals surface area contributed by atoms with E-state index in [4.69, 9.17) is 0 Å². The Morgan fingerprint density at radius 1 is 1.00 bits per heavy atom. The molecule has 0 atom stereocenters. The lowest BCUT2D eigenvalue weighted by molar-refractivity contribution is 0.104. The Balaban J connectivity index is 1.58. The molecule has 0 radical (unpaired) electrons. The summed E-state index contributed by atoms with van der Waals surface area (Å²) >= 11 is 1.35. The summed E-state index contributed by atoms with van der Waals surface area (Å²) in [6, 6.07) is 12.3. The molecule has 134 valence electrons. The lowest BCUT2D eigenvalue weighted by Crippen LogP contribution is -2.05. The van der Waals surface area contributed by atoms with Gasteiger partial charge in [0, 0.05) is 24.2 Å². The number of benzene rings is 1. The number of nitrogens with zero attached hydrogens (tertiary/aromatic N) is 2. The van der Waals surface area contributed by atoms with Crippen LogP contribution in [0.15, 0.2) is 72.5 Å². The molecule has 0 unspecified atom stereocenters. The number of aromatic nitrogens is 2. The quantitative estimate of drug-likeness (QED) is 0.484. The Bertz CT molecular complexity index is 1070. The number of para-hydroxylation sites is 1. The Hall–Kier alpha value is -3.32. The number of hydrogen-bond donors (Lipinski definition) is 1. The molecule has 0 aliphatic rings. The van der Waals surface area contributed by atoms with Crippen molar-refractivity contribution in [2.24, 2.45) is 0 Å². The smallest absolute Gasteiger partial charge is 0.206 e. The van der Waals surface area contributed by atoms with Gasteiger partial charge in [0.1, 0.15) is 23.1 Å². The van der Waals surface area contributed by atoms with Crippen LogP contribution in [0.1, 0.15) is 15.2 Å². The van der Waals surface area contributed by atoms with Crippen molar-refractivity contribution in [3.8, 4) is 5.69 Å². The van der Waals surface area contributed by atoms with E-state index in [-0.39, 0.29) is 17.3 Å². The normalized spacial score (nSPS) is 10.7. The zero-order valence-electron chi connectivity index (χ0n) is 13.9. The van der Waals surface area contributed by atoms with Crippen molar-refractivity contribution in [1.29, 1.82) is 0 Å². The number of carbonyl (C=O) groups is 1. The third-order valence-corrected chi connectivity index (χ3v) is 4.88. The van der Waals surface area contributed by atoms with E-state index in [0.717, 1.165) is 17.8 Å². The number of ketones is 1. The van der Waals surface area contributed by atoms with E-state index in [1.807, 2.05) is 40.5 Å². The van der Waals surface area contributed by atoms with Crippen molar-refractivity contribution >= 4 is 28.6 Å². The fraction of sp³-hybridized carbons (Fsp3) is 0. The number of anilines is 2. The molecule has 0 saturated heterocycles. The van der Waals surface area contributed by atoms with Gasteiger partial charge in [-0.25, -0.2) is 13.8 Å². The summed E-state index contributed by atoms with van der Waals surface area (Å²) in [5.41, 5.74) is 0.910. The lowest BCUT2D eigenvalue weighted by atomic mass is 10.1. The summed E-state index contributed by atoms with van der Waals surface area (Å²) in [6.07, 6.45) is 5.13. The van der Waals surface area contributed by atoms with Crippen LogP contribution in [0, 0.1) is 11.6 Å². The topological polar surface area (TPSA) is 46.9 Å². The lowest BCUT2D eigenvalue weighted by Gasteiger charge is -2.09. The minimum atomic E-state index is -0.716. The molecule has 0 aliphatic carbocycles. The predicted molar refractivity (Wildman–Crippen MR) is 101 cm³/mol. The number of carbonyl (C=O) groups excluding carboxylic acids is 1. The standard InChI is InChI=1S/C20H13F2N3OS/c21-14-4-3-5-15(22)18(14)24-17-7-6-13(12-23-17)19(26)20-16(8-11-27-20)25-9-1-2-10-25/h1-12H,(H,23,24). The number of hydrogen-bond acceptors (Lipinski definition) is 4. The van der Waals surface area contributed by atoms with Gasteiger partial charge in [-0.2, -0.15) is 0 Å². The number of halogens is 2. The molecule has 3 aromatic heterocycles. The van der Waals surface area contributed by atoms with Gasteiger partial charge in [-0.15, -0.1) is 11.3 Å². The number of pyridine rings is 1. The van der Waals surface area contributed by atoms with Crippen LogP contribution in [0.3, 0.4) is 0 Å². The van der Waals surface area contributed by atoms with Crippen molar-refractivity contribution in [2.75, 3.05) is 5.32 Å². The van der Waals surface area contributed by atoms with Gasteiger partial charge in [-0.05, 0) is 47.8 Å². The molecule has 7 heteroatoms. The third kappa shape index (κ3) is 3.37. The second-order valence-electron chi connectivity index (χ2n) is 5.71. The van der Waals surface area contributed by atoms with Gasteiger partial charge in [0.25, 0.3) is 0 Å². The summed E-state index contributed by atoms with van der Waals surface area (Å²) in [6.45, 7) is 0. The van der Waals surface area contributed by atoms with Crippen LogP contribution in [0.4, 0.5) is 20.3 Å². The summed E-state index contributed by atoms with van der Waals surface area (Å²) in [5.74, 6) is -1.35. The first kappa shape index (κ1) is 17.1. The predicted octanol–water partition coefficient (Wildman–Crippen LogP) is 5.19. The molecule has 0 bridgehead atoms. The summed E-state index contributed by atoms with van der Waals surface area (Å²) in [4.78, 5) is 17.5. The van der Waals surface area contributed by atoms with Gasteiger partial charge in [-0.1, -0.05) is 6.07 Å². The molecule has 3 heterocycles. The molecule has 27 heavy (non-hydrogen) atoms. The fourth-order valence-corrected chi connectivity index (χ4v) is 3.50. The highest BCUT2D eigenvalue weighted by atomic mass is 32.1. The average molecular weight is 381 g/mol. The summed E-state index contributed by atoms with van der Waals surface area (Å²) in [7, 11) is 0. The molecule has 0 aliphatic heterocycles. The van der Waals surface area contributed by atoms with Crippen LogP contribution in [-0.2, 0) is 0 Å². The van der Waals surface area contributed by atoms with Crippen LogP contribution < -0.4 is 5.32 Å². The molecule has 0 amide bonds. The van der Waals surface area contributed by atoms with Crippen LogP contribution in [0.5, 0.6) is 0 Å². The average Bonchev–Trinajstić information content (AvgIpc) is 3.36. The number of rotatable bonds is 5. The molecule has 1 N–H and O–H groups in total. The van der Waals surface area contributed by atoms with Crippen molar-refractivity contribution < 1.29 is 13.6 Å². The first-order valence-electron chi connectivity index (χ1n) is 8.06. The SMILES string of the molecule is O=C(c1ccc(Nc2c(F)cccc2F)nc1)c1sccc1-n1cccc1. The summed E-state index contributed by atoms with van der Waals surface area (Å²) in [5, 5.41) is 4.46. The van der Waals surface area contributed by atoms with E-state index in [1.165, 1.54) is 29.7 Å². The molecule has 0 spiro atoms. The highest BCUT2D eigenvalue weighted by Gasteiger charge is 2.17. The van der Waals surface area contributed by atoms with Gasteiger partial charge in [0.05, 0.1) is 10.6 Å². The molecule has 1 aromatic carbocycles. The molecule has 4 nitrogen and oxygen atoms in total. The Morgan fingerprint density at radius 2 is 1.74 bits per heavy atom. The Kier molecular flexibility index (Phi) is 4.52. The highest BCUT2D eigenvalue weighted by Crippen LogP contribution is 2.26. The largest absolute Gasteiger partial charge is 0.335 e. The maximum Gasteiger partial charge on any atom is 0.206 e. The second-order valence-corrected chi connectivity index (χ2v) is 6.62. The molecule has 0 fully saturated rings. The highest BCUT2D eigenvalue weighted by molar-refractivity contribution is 7.12. The maximum atomic E-state index is 13.7. The van der Waals surface area contributed by atoms with Gasteiger partial charge in [0.2, 0.25) is 5.78 Å². The molecular formula is C20H13F2N3OS. The fourth-order valence-electron chi connectivity index (χ4n) is 2.65. The zero-order chi connectivity index (χ0) is 18.8. The monoisotopic (exact) mass is 381 g/mol. The molecule has 4 rings (SSSR count). The third-order valence-electron chi connectivity index (χ3n) is 3.97. The number of thiophene rings is 1. The van der Waals surface area contributed by atoms with Crippen LogP contribution >= 0.6 is 11.3 Å². The minimum absolute atomic E-state index is 0.162. The van der Waals surface area contributed by atoms with E-state index in [0.29, 0.717) is 10.4 Å². The van der Waals surface area contributed by atoms with Crippen molar-refractivity contribution in [2.45, 2.75) is 0 Å².